The topological polar surface area (TPSA) is 81.4 Å². The maximum Gasteiger partial charge on any atom is 0.423 e. The van der Waals surface area contributed by atoms with Crippen molar-refractivity contribution in [3.63, 3.8) is 0 Å². The van der Waals surface area contributed by atoms with Crippen molar-refractivity contribution in [2.75, 3.05) is 11.9 Å². The second-order valence-electron chi connectivity index (χ2n) is 6.00. The zero-order valence-electron chi connectivity index (χ0n) is 15.1. The molecule has 0 aliphatic heterocycles. The maximum atomic E-state index is 13.3. The molecule has 0 aliphatic rings. The minimum atomic E-state index is -4.70. The molecule has 3 aromatic rings. The van der Waals surface area contributed by atoms with Crippen LogP contribution in [0.3, 0.4) is 0 Å². The quantitative estimate of drug-likeness (QED) is 0.436. The average Bonchev–Trinajstić information content (AvgIpc) is 2.71. The highest BCUT2D eigenvalue weighted by Crippen LogP contribution is 2.36. The minimum Gasteiger partial charge on any atom is -0.472 e. The number of nitro benzene ring substituents is 1. The van der Waals surface area contributed by atoms with Gasteiger partial charge in [0.1, 0.15) is 12.2 Å². The van der Waals surface area contributed by atoms with Crippen molar-refractivity contribution in [1.82, 2.24) is 9.97 Å². The number of hydrogen-bond donors (Lipinski definition) is 0. The second kappa shape index (κ2) is 8.13. The van der Waals surface area contributed by atoms with Crippen LogP contribution in [-0.2, 0) is 12.8 Å². The van der Waals surface area contributed by atoms with Crippen LogP contribution in [0.1, 0.15) is 11.1 Å². The predicted octanol–water partition coefficient (Wildman–Crippen LogP) is 4.75. The molecular formula is C19H15F3N4O3. The Morgan fingerprint density at radius 2 is 1.86 bits per heavy atom. The van der Waals surface area contributed by atoms with E-state index in [0.717, 1.165) is 0 Å². The van der Waals surface area contributed by atoms with Crippen molar-refractivity contribution >= 4 is 17.3 Å². The van der Waals surface area contributed by atoms with Crippen molar-refractivity contribution < 1.29 is 22.8 Å². The smallest absolute Gasteiger partial charge is 0.423 e. The molecule has 0 saturated carbocycles. The Hall–Kier alpha value is -3.69. The van der Waals surface area contributed by atoms with Crippen molar-refractivity contribution in [3.8, 4) is 5.88 Å². The fourth-order valence-corrected chi connectivity index (χ4v) is 2.48. The van der Waals surface area contributed by atoms with E-state index in [9.17, 15) is 23.3 Å². The summed E-state index contributed by atoms with van der Waals surface area (Å²) < 4.78 is 45.3. The van der Waals surface area contributed by atoms with Crippen LogP contribution in [0, 0.1) is 10.1 Å². The first-order chi connectivity index (χ1) is 13.8. The molecule has 0 radical (unpaired) electrons. The fourth-order valence-electron chi connectivity index (χ4n) is 2.48. The number of anilines is 2. The molecule has 10 heteroatoms. The highest BCUT2D eigenvalue weighted by Gasteiger charge is 2.36. The van der Waals surface area contributed by atoms with Gasteiger partial charge in [-0.2, -0.15) is 18.2 Å². The van der Waals surface area contributed by atoms with Crippen LogP contribution in [0.5, 0.6) is 5.88 Å². The number of benzene rings is 2. The summed E-state index contributed by atoms with van der Waals surface area (Å²) in [6.45, 7) is -0.110. The van der Waals surface area contributed by atoms with Gasteiger partial charge in [0.05, 0.1) is 10.6 Å². The molecule has 2 aromatic carbocycles. The third-order valence-corrected chi connectivity index (χ3v) is 3.99. The van der Waals surface area contributed by atoms with Crippen LogP contribution in [0.2, 0.25) is 0 Å². The molecule has 0 amide bonds. The summed E-state index contributed by atoms with van der Waals surface area (Å²) in [6.07, 6.45) is -4.06. The predicted molar refractivity (Wildman–Crippen MR) is 99.0 cm³/mol. The van der Waals surface area contributed by atoms with Crippen molar-refractivity contribution in [2.24, 2.45) is 0 Å². The molecule has 0 fully saturated rings. The van der Waals surface area contributed by atoms with Crippen molar-refractivity contribution in [3.05, 3.63) is 82.0 Å². The largest absolute Gasteiger partial charge is 0.472 e. The molecule has 29 heavy (non-hydrogen) atoms. The third kappa shape index (κ3) is 4.78. The van der Waals surface area contributed by atoms with Crippen LogP contribution in [0.15, 0.2) is 60.8 Å². The standard InChI is InChI=1S/C19H15F3N4O3/c1-25(14-8-5-9-15(10-14)26(27)28)18-23-11-16(19(20,21)22)17(24-18)29-12-13-6-3-2-4-7-13/h2-11H,12H2,1H3. The van der Waals surface area contributed by atoms with Gasteiger partial charge in [0.15, 0.2) is 0 Å². The number of ether oxygens (including phenoxy) is 1. The Labute approximate surface area is 163 Å². The van der Waals surface area contributed by atoms with E-state index in [2.05, 4.69) is 9.97 Å². The van der Waals surface area contributed by atoms with E-state index in [1.54, 1.807) is 36.4 Å². The maximum absolute atomic E-state index is 13.3. The van der Waals surface area contributed by atoms with E-state index >= 15 is 0 Å². The first-order valence-electron chi connectivity index (χ1n) is 8.35. The number of halogens is 3. The van der Waals surface area contributed by atoms with Gasteiger partial charge in [-0.05, 0) is 11.6 Å². The highest BCUT2D eigenvalue weighted by atomic mass is 19.4. The number of non-ortho nitro benzene ring substituents is 1. The summed E-state index contributed by atoms with van der Waals surface area (Å²) in [5, 5.41) is 11.0. The van der Waals surface area contributed by atoms with Crippen LogP contribution in [-0.4, -0.2) is 21.9 Å². The Kier molecular flexibility index (Phi) is 5.62. The summed E-state index contributed by atoms with van der Waals surface area (Å²) in [7, 11) is 1.49. The lowest BCUT2D eigenvalue weighted by Gasteiger charge is -2.19. The number of nitro groups is 1. The molecule has 7 nitrogen and oxygen atoms in total. The molecule has 3 rings (SSSR count). The molecule has 150 valence electrons. The zero-order valence-corrected chi connectivity index (χ0v) is 15.1. The van der Waals surface area contributed by atoms with E-state index < -0.39 is 22.5 Å². The number of rotatable bonds is 6. The molecular weight excluding hydrogens is 389 g/mol. The fraction of sp³-hybridized carbons (Fsp3) is 0.158. The molecule has 1 aromatic heterocycles. The molecule has 1 heterocycles. The third-order valence-electron chi connectivity index (χ3n) is 3.99. The van der Waals surface area contributed by atoms with Crippen molar-refractivity contribution in [1.29, 1.82) is 0 Å². The average molecular weight is 404 g/mol. The van der Waals surface area contributed by atoms with E-state index in [1.165, 1.54) is 30.1 Å². The zero-order chi connectivity index (χ0) is 21.0. The molecule has 0 aliphatic carbocycles. The Morgan fingerprint density at radius 1 is 1.14 bits per heavy atom. The molecule has 0 unspecified atom stereocenters. The molecule has 0 spiro atoms. The Morgan fingerprint density at radius 3 is 2.52 bits per heavy atom. The second-order valence-corrected chi connectivity index (χ2v) is 6.00. The first kappa shape index (κ1) is 20.1. The van der Waals surface area contributed by atoms with Gasteiger partial charge < -0.3 is 9.64 Å². The van der Waals surface area contributed by atoms with Gasteiger partial charge in [0, 0.05) is 25.4 Å². The van der Waals surface area contributed by atoms with Gasteiger partial charge >= 0.3 is 6.18 Å². The van der Waals surface area contributed by atoms with E-state index in [0.29, 0.717) is 17.4 Å². The van der Waals surface area contributed by atoms with Crippen LogP contribution in [0.4, 0.5) is 30.5 Å². The molecule has 0 saturated heterocycles. The van der Waals surface area contributed by atoms with Gasteiger partial charge in [-0.25, -0.2) is 4.98 Å². The van der Waals surface area contributed by atoms with Gasteiger partial charge in [-0.15, -0.1) is 0 Å². The lowest BCUT2D eigenvalue weighted by atomic mass is 10.2. The normalized spacial score (nSPS) is 11.2. The number of alkyl halides is 3. The van der Waals surface area contributed by atoms with Gasteiger partial charge in [-0.3, -0.25) is 10.1 Å². The Balaban J connectivity index is 1.93. The summed E-state index contributed by atoms with van der Waals surface area (Å²) >= 11 is 0. The number of nitrogens with zero attached hydrogens (tertiary/aromatic N) is 4. The highest BCUT2D eigenvalue weighted by molar-refractivity contribution is 5.60. The lowest BCUT2D eigenvalue weighted by molar-refractivity contribution is -0.384. The first-order valence-corrected chi connectivity index (χ1v) is 8.35. The van der Waals surface area contributed by atoms with E-state index in [1.807, 2.05) is 0 Å². The van der Waals surface area contributed by atoms with Crippen LogP contribution < -0.4 is 9.64 Å². The van der Waals surface area contributed by atoms with Gasteiger partial charge in [-0.1, -0.05) is 36.4 Å². The monoisotopic (exact) mass is 404 g/mol. The van der Waals surface area contributed by atoms with Gasteiger partial charge in [0.25, 0.3) is 5.69 Å². The summed E-state index contributed by atoms with van der Waals surface area (Å²) in [5.74, 6) is -0.717. The molecule has 0 N–H and O–H groups in total. The molecule has 0 bridgehead atoms. The summed E-state index contributed by atoms with van der Waals surface area (Å²) in [4.78, 5) is 19.4. The lowest BCUT2D eigenvalue weighted by Crippen LogP contribution is -2.17. The number of hydrogen-bond acceptors (Lipinski definition) is 6. The summed E-state index contributed by atoms with van der Waals surface area (Å²) in [5.41, 5.74) is -0.257. The van der Waals surface area contributed by atoms with Crippen molar-refractivity contribution in [2.45, 2.75) is 12.8 Å². The van der Waals surface area contributed by atoms with Crippen LogP contribution >= 0.6 is 0 Å². The van der Waals surface area contributed by atoms with Gasteiger partial charge in [0.2, 0.25) is 11.8 Å². The Bertz CT molecular complexity index is 1010. The van der Waals surface area contributed by atoms with E-state index in [-0.39, 0.29) is 18.2 Å². The van der Waals surface area contributed by atoms with E-state index in [4.69, 9.17) is 4.74 Å². The SMILES string of the molecule is CN(c1cccc([N+](=O)[O-])c1)c1ncc(C(F)(F)F)c(OCc2ccccc2)n1. The number of aromatic nitrogens is 2. The summed E-state index contributed by atoms with van der Waals surface area (Å²) in [6, 6.07) is 14.3. The molecule has 0 atom stereocenters. The van der Waals surface area contributed by atoms with Crippen LogP contribution in [0.25, 0.3) is 0 Å². The minimum absolute atomic E-state index is 0.0958.